The second-order valence-corrected chi connectivity index (χ2v) is 4.74. The molecule has 9 nitrogen and oxygen atoms in total. The van der Waals surface area contributed by atoms with Gasteiger partial charge in [-0.2, -0.15) is 0 Å². The van der Waals surface area contributed by atoms with Crippen molar-refractivity contribution in [2.24, 2.45) is 0 Å². The van der Waals surface area contributed by atoms with Crippen molar-refractivity contribution >= 4 is 17.5 Å². The minimum absolute atomic E-state index is 0.202. The van der Waals surface area contributed by atoms with Crippen molar-refractivity contribution < 1.29 is 19.7 Å². The third-order valence-electron chi connectivity index (χ3n) is 3.53. The van der Waals surface area contributed by atoms with Crippen LogP contribution in [-0.4, -0.2) is 32.5 Å². The number of hydrogen-bond donors (Lipinski definition) is 1. The van der Waals surface area contributed by atoms with Gasteiger partial charge in [0.15, 0.2) is 0 Å². The molecule has 0 bridgehead atoms. The Morgan fingerprint density at radius 1 is 1.24 bits per heavy atom. The van der Waals surface area contributed by atoms with E-state index in [2.05, 4.69) is 0 Å². The van der Waals surface area contributed by atoms with Crippen molar-refractivity contribution in [2.75, 3.05) is 6.54 Å². The molecule has 0 aromatic heterocycles. The highest BCUT2D eigenvalue weighted by atomic mass is 16.6. The molecule has 2 rings (SSSR count). The summed E-state index contributed by atoms with van der Waals surface area (Å²) in [4.78, 5) is 32.8. The number of hydrogen-bond acceptors (Lipinski definition) is 5. The highest BCUT2D eigenvalue weighted by Crippen LogP contribution is 2.37. The molecule has 9 heteroatoms. The van der Waals surface area contributed by atoms with Crippen LogP contribution in [0.1, 0.15) is 30.9 Å². The second-order valence-electron chi connectivity index (χ2n) is 4.74. The molecule has 1 fully saturated rings. The maximum Gasteiger partial charge on any atom is 0.407 e. The van der Waals surface area contributed by atoms with Crippen molar-refractivity contribution in [1.29, 1.82) is 0 Å². The van der Waals surface area contributed by atoms with Crippen LogP contribution in [0.5, 0.6) is 0 Å². The largest absolute Gasteiger partial charge is 0.465 e. The molecule has 1 heterocycles. The van der Waals surface area contributed by atoms with E-state index in [1.807, 2.05) is 0 Å². The number of nitrogens with zero attached hydrogens (tertiary/aromatic N) is 3. The van der Waals surface area contributed by atoms with Gasteiger partial charge in [0.05, 0.1) is 27.5 Å². The molecule has 112 valence electrons. The zero-order valence-electron chi connectivity index (χ0n) is 11.0. The minimum Gasteiger partial charge on any atom is -0.465 e. The summed E-state index contributed by atoms with van der Waals surface area (Å²) in [7, 11) is 0. The molecule has 1 aliphatic heterocycles. The number of amides is 1. The molecule has 21 heavy (non-hydrogen) atoms. The van der Waals surface area contributed by atoms with Gasteiger partial charge in [0, 0.05) is 12.6 Å². The van der Waals surface area contributed by atoms with Gasteiger partial charge in [-0.3, -0.25) is 20.2 Å². The lowest BCUT2D eigenvalue weighted by molar-refractivity contribution is -0.394. The normalized spacial score (nSPS) is 18.3. The van der Waals surface area contributed by atoms with E-state index in [0.717, 1.165) is 23.5 Å². The van der Waals surface area contributed by atoms with Crippen molar-refractivity contribution in [2.45, 2.75) is 25.3 Å². The Labute approximate surface area is 119 Å². The predicted molar refractivity (Wildman–Crippen MR) is 71.1 cm³/mol. The predicted octanol–water partition coefficient (Wildman–Crippen LogP) is 2.71. The van der Waals surface area contributed by atoms with Gasteiger partial charge in [-0.1, -0.05) is 0 Å². The van der Waals surface area contributed by atoms with E-state index in [1.165, 1.54) is 6.07 Å². The van der Waals surface area contributed by atoms with E-state index in [-0.39, 0.29) is 11.3 Å². The van der Waals surface area contributed by atoms with Crippen LogP contribution < -0.4 is 0 Å². The first-order valence-electron chi connectivity index (χ1n) is 6.34. The van der Waals surface area contributed by atoms with Gasteiger partial charge < -0.3 is 10.0 Å². The molecule has 0 saturated carbocycles. The Morgan fingerprint density at radius 2 is 1.95 bits per heavy atom. The number of rotatable bonds is 3. The van der Waals surface area contributed by atoms with E-state index in [9.17, 15) is 30.1 Å². The zero-order valence-corrected chi connectivity index (χ0v) is 11.0. The van der Waals surface area contributed by atoms with Gasteiger partial charge in [-0.25, -0.2) is 4.79 Å². The summed E-state index contributed by atoms with van der Waals surface area (Å²) in [5.74, 6) is 0. The average molecular weight is 295 g/mol. The number of nitro benzene ring substituents is 2. The van der Waals surface area contributed by atoms with Crippen molar-refractivity contribution in [1.82, 2.24) is 4.90 Å². The monoisotopic (exact) mass is 295 g/mol. The fourth-order valence-electron chi connectivity index (χ4n) is 2.57. The van der Waals surface area contributed by atoms with E-state index < -0.39 is 27.7 Å². The standard InChI is InChI=1S/C12H13N3O6/c16-12(17)13-6-2-1-3-10(13)9-5-4-8(14(18)19)7-11(9)15(20)21/h4-5,7,10H,1-3,6H2,(H,16,17). The third kappa shape index (κ3) is 2.91. The molecule has 0 radical (unpaired) electrons. The van der Waals surface area contributed by atoms with E-state index >= 15 is 0 Å². The molecule has 1 amide bonds. The Morgan fingerprint density at radius 3 is 2.52 bits per heavy atom. The number of carboxylic acid groups (broad SMARTS) is 1. The van der Waals surface area contributed by atoms with Crippen LogP contribution in [0.15, 0.2) is 18.2 Å². The number of carbonyl (C=O) groups is 1. The lowest BCUT2D eigenvalue weighted by Gasteiger charge is -2.33. The van der Waals surface area contributed by atoms with Crippen molar-refractivity contribution in [3.8, 4) is 0 Å². The van der Waals surface area contributed by atoms with Crippen LogP contribution in [0.4, 0.5) is 16.2 Å². The topological polar surface area (TPSA) is 127 Å². The zero-order chi connectivity index (χ0) is 15.6. The number of benzene rings is 1. The highest BCUT2D eigenvalue weighted by Gasteiger charge is 2.33. The molecular formula is C12H13N3O6. The summed E-state index contributed by atoms with van der Waals surface area (Å²) < 4.78 is 0. The van der Waals surface area contributed by atoms with Crippen LogP contribution in [0.3, 0.4) is 0 Å². The van der Waals surface area contributed by atoms with Crippen LogP contribution >= 0.6 is 0 Å². The Bertz CT molecular complexity index is 603. The number of nitro groups is 2. The Hall–Kier alpha value is -2.71. The molecule has 1 N–H and O–H groups in total. The smallest absolute Gasteiger partial charge is 0.407 e. The summed E-state index contributed by atoms with van der Waals surface area (Å²) in [5.41, 5.74) is -0.599. The fourth-order valence-corrected chi connectivity index (χ4v) is 2.57. The molecule has 1 aromatic rings. The lowest BCUT2D eigenvalue weighted by Crippen LogP contribution is -2.37. The minimum atomic E-state index is -1.15. The summed E-state index contributed by atoms with van der Waals surface area (Å²) in [6.45, 7) is 0.300. The second kappa shape index (κ2) is 5.73. The average Bonchev–Trinajstić information content (AvgIpc) is 2.46. The van der Waals surface area contributed by atoms with Crippen molar-refractivity contribution in [3.05, 3.63) is 44.0 Å². The van der Waals surface area contributed by atoms with Gasteiger partial charge in [0.25, 0.3) is 11.4 Å². The van der Waals surface area contributed by atoms with Crippen LogP contribution in [0, 0.1) is 20.2 Å². The molecule has 1 atom stereocenters. The SMILES string of the molecule is O=C(O)N1CCCCC1c1ccc([N+](=O)[O-])cc1[N+](=O)[O-]. The molecule has 0 aliphatic carbocycles. The molecule has 1 aromatic carbocycles. The van der Waals surface area contributed by atoms with Crippen LogP contribution in [-0.2, 0) is 0 Å². The fraction of sp³-hybridized carbons (Fsp3) is 0.417. The number of piperidine rings is 1. The van der Waals surface area contributed by atoms with E-state index in [1.54, 1.807) is 0 Å². The first-order chi connectivity index (χ1) is 9.91. The van der Waals surface area contributed by atoms with Gasteiger partial charge in [-0.05, 0) is 25.3 Å². The summed E-state index contributed by atoms with van der Waals surface area (Å²) in [6.07, 6.45) is 0.768. The van der Waals surface area contributed by atoms with E-state index in [4.69, 9.17) is 0 Å². The third-order valence-corrected chi connectivity index (χ3v) is 3.53. The summed E-state index contributed by atoms with van der Waals surface area (Å²) in [5, 5.41) is 31.0. The van der Waals surface area contributed by atoms with E-state index in [0.29, 0.717) is 19.4 Å². The maximum atomic E-state index is 11.2. The molecule has 1 aliphatic rings. The Kier molecular flexibility index (Phi) is 4.01. The van der Waals surface area contributed by atoms with Gasteiger partial charge >= 0.3 is 6.09 Å². The van der Waals surface area contributed by atoms with Gasteiger partial charge in [0.1, 0.15) is 0 Å². The van der Waals surface area contributed by atoms with Gasteiger partial charge in [-0.15, -0.1) is 0 Å². The Balaban J connectivity index is 2.48. The quantitative estimate of drug-likeness (QED) is 0.674. The summed E-state index contributed by atoms with van der Waals surface area (Å²) in [6, 6.07) is 2.68. The molecular weight excluding hydrogens is 282 g/mol. The first kappa shape index (κ1) is 14.7. The first-order valence-corrected chi connectivity index (χ1v) is 6.34. The summed E-state index contributed by atoms with van der Waals surface area (Å²) >= 11 is 0. The molecule has 1 unspecified atom stereocenters. The molecule has 1 saturated heterocycles. The number of non-ortho nitro benzene ring substituents is 1. The maximum absolute atomic E-state index is 11.2. The molecule has 0 spiro atoms. The van der Waals surface area contributed by atoms with Gasteiger partial charge in [0.2, 0.25) is 0 Å². The number of likely N-dealkylation sites (tertiary alicyclic amines) is 1. The van der Waals surface area contributed by atoms with Crippen LogP contribution in [0.25, 0.3) is 0 Å². The van der Waals surface area contributed by atoms with Crippen LogP contribution in [0.2, 0.25) is 0 Å². The van der Waals surface area contributed by atoms with Crippen molar-refractivity contribution in [3.63, 3.8) is 0 Å². The highest BCUT2D eigenvalue weighted by molar-refractivity contribution is 5.66. The lowest BCUT2D eigenvalue weighted by atomic mass is 9.94.